The molecule has 0 aliphatic heterocycles. The van der Waals surface area contributed by atoms with Crippen LogP contribution in [0.2, 0.25) is 5.02 Å². The van der Waals surface area contributed by atoms with Crippen LogP contribution in [-0.2, 0) is 16.6 Å². The van der Waals surface area contributed by atoms with Crippen LogP contribution in [0.4, 0.5) is 4.39 Å². The molecule has 0 saturated carbocycles. The molecule has 21 heavy (non-hydrogen) atoms. The van der Waals surface area contributed by atoms with Gasteiger partial charge in [-0.2, -0.15) is 4.31 Å². The van der Waals surface area contributed by atoms with Gasteiger partial charge in [-0.25, -0.2) is 12.8 Å². The summed E-state index contributed by atoms with van der Waals surface area (Å²) < 4.78 is 39.9. The second-order valence-corrected chi connectivity index (χ2v) is 7.55. The number of rotatable bonds is 7. The molecular weight excluding hydrogens is 315 g/mol. The van der Waals surface area contributed by atoms with Gasteiger partial charge in [-0.05, 0) is 44.5 Å². The highest BCUT2D eigenvalue weighted by molar-refractivity contribution is 7.89. The molecule has 0 atom stereocenters. The van der Waals surface area contributed by atoms with Crippen molar-refractivity contribution in [1.82, 2.24) is 9.62 Å². The van der Waals surface area contributed by atoms with E-state index in [0.717, 1.165) is 19.0 Å². The number of hydrogen-bond donors (Lipinski definition) is 1. The highest BCUT2D eigenvalue weighted by Gasteiger charge is 2.25. The van der Waals surface area contributed by atoms with Gasteiger partial charge in [-0.15, -0.1) is 0 Å². The zero-order valence-electron chi connectivity index (χ0n) is 12.8. The summed E-state index contributed by atoms with van der Waals surface area (Å²) in [5.74, 6) is -0.719. The summed E-state index contributed by atoms with van der Waals surface area (Å²) in [4.78, 5) is -0.0751. The molecule has 0 saturated heterocycles. The van der Waals surface area contributed by atoms with Gasteiger partial charge in [0, 0.05) is 19.6 Å². The van der Waals surface area contributed by atoms with Gasteiger partial charge >= 0.3 is 0 Å². The average molecular weight is 337 g/mol. The van der Waals surface area contributed by atoms with Crippen LogP contribution in [-0.4, -0.2) is 32.4 Å². The van der Waals surface area contributed by atoms with Crippen LogP contribution in [0.1, 0.15) is 32.8 Å². The van der Waals surface area contributed by atoms with Crippen molar-refractivity contribution >= 4 is 21.6 Å². The summed E-state index contributed by atoms with van der Waals surface area (Å²) in [5, 5.41) is 3.05. The Morgan fingerprint density at radius 1 is 1.38 bits per heavy atom. The number of halogens is 2. The highest BCUT2D eigenvalue weighted by Crippen LogP contribution is 2.26. The maximum atomic E-state index is 13.9. The highest BCUT2D eigenvalue weighted by atomic mass is 35.5. The van der Waals surface area contributed by atoms with Crippen molar-refractivity contribution in [2.75, 3.05) is 13.6 Å². The summed E-state index contributed by atoms with van der Waals surface area (Å²) >= 11 is 5.91. The topological polar surface area (TPSA) is 49.4 Å². The Balaban J connectivity index is 3.20. The predicted octanol–water partition coefficient (Wildman–Crippen LogP) is 3.01. The minimum Gasteiger partial charge on any atom is -0.313 e. The van der Waals surface area contributed by atoms with Crippen LogP contribution >= 0.6 is 11.6 Å². The van der Waals surface area contributed by atoms with Crippen molar-refractivity contribution in [3.8, 4) is 0 Å². The Kier molecular flexibility index (Phi) is 6.59. The van der Waals surface area contributed by atoms with Crippen molar-refractivity contribution in [3.63, 3.8) is 0 Å². The van der Waals surface area contributed by atoms with Crippen LogP contribution in [0.15, 0.2) is 17.0 Å². The van der Waals surface area contributed by atoms with E-state index in [-0.39, 0.29) is 16.0 Å². The lowest BCUT2D eigenvalue weighted by Crippen LogP contribution is -2.33. The van der Waals surface area contributed by atoms with Crippen LogP contribution in [0.25, 0.3) is 0 Å². The number of nitrogens with zero attached hydrogens (tertiary/aromatic N) is 1. The Morgan fingerprint density at radius 3 is 2.52 bits per heavy atom. The van der Waals surface area contributed by atoms with Gasteiger partial charge < -0.3 is 5.32 Å². The second kappa shape index (κ2) is 7.54. The molecule has 1 rings (SSSR count). The normalized spacial score (nSPS) is 12.4. The fourth-order valence-corrected chi connectivity index (χ4v) is 3.35. The lowest BCUT2D eigenvalue weighted by atomic mass is 10.2. The van der Waals surface area contributed by atoms with Crippen molar-refractivity contribution in [1.29, 1.82) is 0 Å². The number of nitrogens with one attached hydrogen (secondary N) is 1. The summed E-state index contributed by atoms with van der Waals surface area (Å²) in [5.41, 5.74) is 0.445. The monoisotopic (exact) mass is 336 g/mol. The Hall–Kier alpha value is -0.690. The summed E-state index contributed by atoms with van der Waals surface area (Å²) in [7, 11) is -2.25. The summed E-state index contributed by atoms with van der Waals surface area (Å²) in [6.45, 7) is 6.61. The van der Waals surface area contributed by atoms with Gasteiger partial charge in [-0.1, -0.05) is 18.5 Å². The molecule has 1 aromatic rings. The third-order valence-electron chi connectivity index (χ3n) is 3.22. The van der Waals surface area contributed by atoms with E-state index in [1.807, 2.05) is 6.92 Å². The molecule has 0 aliphatic carbocycles. The van der Waals surface area contributed by atoms with Gasteiger partial charge in [0.25, 0.3) is 0 Å². The molecule has 120 valence electrons. The van der Waals surface area contributed by atoms with Gasteiger partial charge in [0.2, 0.25) is 10.0 Å². The Morgan fingerprint density at radius 2 is 2.00 bits per heavy atom. The largest absolute Gasteiger partial charge is 0.313 e. The number of sulfonamides is 1. The molecule has 1 aromatic carbocycles. The molecule has 0 aromatic heterocycles. The molecule has 0 radical (unpaired) electrons. The Bertz CT molecular complexity index is 591. The van der Waals surface area contributed by atoms with Crippen LogP contribution < -0.4 is 5.32 Å². The minimum atomic E-state index is -3.72. The van der Waals surface area contributed by atoms with Crippen molar-refractivity contribution in [2.45, 2.75) is 44.7 Å². The number of benzene rings is 1. The maximum absolute atomic E-state index is 13.9. The van der Waals surface area contributed by atoms with Crippen LogP contribution in [0.3, 0.4) is 0 Å². The molecule has 1 N–H and O–H groups in total. The molecule has 0 aliphatic rings. The van der Waals surface area contributed by atoms with Gasteiger partial charge in [-0.3, -0.25) is 0 Å². The molecule has 0 unspecified atom stereocenters. The first-order chi connectivity index (χ1) is 9.71. The lowest BCUT2D eigenvalue weighted by molar-refractivity contribution is 0.410. The molecular formula is C14H22ClFN2O2S. The first-order valence-corrected chi connectivity index (χ1v) is 8.70. The summed E-state index contributed by atoms with van der Waals surface area (Å²) in [6, 6.07) is 2.19. The quantitative estimate of drug-likeness (QED) is 0.779. The first kappa shape index (κ1) is 18.4. The predicted molar refractivity (Wildman–Crippen MR) is 83.5 cm³/mol. The van der Waals surface area contributed by atoms with E-state index in [1.165, 1.54) is 17.4 Å². The van der Waals surface area contributed by atoms with E-state index in [9.17, 15) is 12.8 Å². The van der Waals surface area contributed by atoms with Crippen LogP contribution in [0.5, 0.6) is 0 Å². The standard InChI is InChI=1S/C14H22ClFN2O2S/c1-5-6-17-9-11-7-12(8-13(16)14(11)15)21(19,20)18(4)10(2)3/h7-8,10,17H,5-6,9H2,1-4H3. The Labute approximate surface area is 131 Å². The fraction of sp³-hybridized carbons (Fsp3) is 0.571. The van der Waals surface area contributed by atoms with E-state index < -0.39 is 15.8 Å². The summed E-state index contributed by atoms with van der Waals surface area (Å²) in [6.07, 6.45) is 0.925. The van der Waals surface area contributed by atoms with Crippen molar-refractivity contribution in [3.05, 3.63) is 28.5 Å². The van der Waals surface area contributed by atoms with Crippen molar-refractivity contribution in [2.24, 2.45) is 0 Å². The minimum absolute atomic E-state index is 0.0373. The molecule has 0 fully saturated rings. The van der Waals surface area contributed by atoms with Crippen molar-refractivity contribution < 1.29 is 12.8 Å². The first-order valence-electron chi connectivity index (χ1n) is 6.88. The third kappa shape index (κ3) is 4.39. The lowest BCUT2D eigenvalue weighted by Gasteiger charge is -2.21. The maximum Gasteiger partial charge on any atom is 0.243 e. The molecule has 0 spiro atoms. The van der Waals surface area contributed by atoms with E-state index in [1.54, 1.807) is 13.8 Å². The third-order valence-corrected chi connectivity index (χ3v) is 5.66. The van der Waals surface area contributed by atoms with Gasteiger partial charge in [0.05, 0.1) is 9.92 Å². The molecule has 7 heteroatoms. The molecule has 4 nitrogen and oxygen atoms in total. The fourth-order valence-electron chi connectivity index (χ4n) is 1.74. The number of hydrogen-bond acceptors (Lipinski definition) is 3. The zero-order chi connectivity index (χ0) is 16.2. The van der Waals surface area contributed by atoms with E-state index in [0.29, 0.717) is 12.1 Å². The van der Waals surface area contributed by atoms with Crippen LogP contribution in [0, 0.1) is 5.82 Å². The molecule has 0 heterocycles. The zero-order valence-corrected chi connectivity index (χ0v) is 14.4. The van der Waals surface area contributed by atoms with E-state index >= 15 is 0 Å². The molecule has 0 bridgehead atoms. The smallest absolute Gasteiger partial charge is 0.243 e. The second-order valence-electron chi connectivity index (χ2n) is 5.17. The van der Waals surface area contributed by atoms with E-state index in [4.69, 9.17) is 11.6 Å². The SMILES string of the molecule is CCCNCc1cc(S(=O)(=O)N(C)C(C)C)cc(F)c1Cl. The van der Waals surface area contributed by atoms with E-state index in [2.05, 4.69) is 5.32 Å². The average Bonchev–Trinajstić information content (AvgIpc) is 2.42. The molecule has 0 amide bonds. The van der Waals surface area contributed by atoms with Gasteiger partial charge in [0.1, 0.15) is 5.82 Å². The van der Waals surface area contributed by atoms with Gasteiger partial charge in [0.15, 0.2) is 0 Å².